The van der Waals surface area contributed by atoms with E-state index in [9.17, 15) is 8.78 Å². The lowest BCUT2D eigenvalue weighted by Gasteiger charge is -2.15. The van der Waals surface area contributed by atoms with Crippen LogP contribution in [0.2, 0.25) is 0 Å². The Morgan fingerprint density at radius 1 is 1.07 bits per heavy atom. The van der Waals surface area contributed by atoms with Gasteiger partial charge in [-0.3, -0.25) is 4.90 Å². The van der Waals surface area contributed by atoms with Crippen molar-refractivity contribution in [1.82, 2.24) is 15.1 Å². The number of hydrogen-bond donors (Lipinski definition) is 0. The van der Waals surface area contributed by atoms with Crippen LogP contribution in [-0.4, -0.2) is 41.9 Å². The molecule has 146 valence electrons. The van der Waals surface area contributed by atoms with E-state index in [0.717, 1.165) is 23.7 Å². The summed E-state index contributed by atoms with van der Waals surface area (Å²) >= 11 is 0. The van der Waals surface area contributed by atoms with Crippen molar-refractivity contribution in [2.24, 2.45) is 5.92 Å². The fourth-order valence-corrected chi connectivity index (χ4v) is 3.73. The Bertz CT molecular complexity index is 932. The molecule has 1 aromatic heterocycles. The minimum atomic E-state index is -0.834. The summed E-state index contributed by atoms with van der Waals surface area (Å²) < 4.78 is 38.0. The number of nitrogens with zero attached hydrogens (tertiary/aromatic N) is 3. The maximum Gasteiger partial charge on any atom is 0.247 e. The third-order valence-corrected chi connectivity index (χ3v) is 5.07. The van der Waals surface area contributed by atoms with Crippen LogP contribution in [0.25, 0.3) is 11.5 Å². The van der Waals surface area contributed by atoms with Gasteiger partial charge in [-0.1, -0.05) is 24.3 Å². The molecular formula is C21H21F2N3O2. The summed E-state index contributed by atoms with van der Waals surface area (Å²) in [6, 6.07) is 13.6. The molecule has 2 atom stereocenters. The van der Waals surface area contributed by atoms with Crippen LogP contribution in [0.3, 0.4) is 0 Å². The van der Waals surface area contributed by atoms with Gasteiger partial charge in [0.05, 0.1) is 12.5 Å². The van der Waals surface area contributed by atoms with E-state index in [1.807, 2.05) is 30.3 Å². The van der Waals surface area contributed by atoms with E-state index in [4.69, 9.17) is 9.15 Å². The van der Waals surface area contributed by atoms with E-state index in [1.54, 1.807) is 13.2 Å². The summed E-state index contributed by atoms with van der Waals surface area (Å²) in [5.74, 6) is -0.389. The first kappa shape index (κ1) is 18.7. The molecule has 4 rings (SSSR count). The van der Waals surface area contributed by atoms with Crippen molar-refractivity contribution >= 4 is 0 Å². The average molecular weight is 385 g/mol. The van der Waals surface area contributed by atoms with Crippen LogP contribution in [0.5, 0.6) is 0 Å². The van der Waals surface area contributed by atoms with Crippen molar-refractivity contribution < 1.29 is 17.9 Å². The highest BCUT2D eigenvalue weighted by molar-refractivity contribution is 5.51. The second kappa shape index (κ2) is 8.16. The average Bonchev–Trinajstić information content (AvgIpc) is 3.33. The largest absolute Gasteiger partial charge is 0.420 e. The van der Waals surface area contributed by atoms with Crippen LogP contribution >= 0.6 is 0 Å². The van der Waals surface area contributed by atoms with Crippen LogP contribution in [0.4, 0.5) is 8.78 Å². The highest BCUT2D eigenvalue weighted by Gasteiger charge is 2.37. The van der Waals surface area contributed by atoms with Gasteiger partial charge >= 0.3 is 0 Å². The van der Waals surface area contributed by atoms with Gasteiger partial charge in [0.2, 0.25) is 11.8 Å². The number of methoxy groups -OCH3 is 1. The molecule has 28 heavy (non-hydrogen) atoms. The van der Waals surface area contributed by atoms with Crippen LogP contribution in [-0.2, 0) is 11.3 Å². The Morgan fingerprint density at radius 3 is 2.64 bits per heavy atom. The van der Waals surface area contributed by atoms with E-state index in [0.29, 0.717) is 31.5 Å². The Kier molecular flexibility index (Phi) is 5.45. The zero-order valence-electron chi connectivity index (χ0n) is 15.5. The van der Waals surface area contributed by atoms with Crippen molar-refractivity contribution in [2.75, 3.05) is 26.8 Å². The van der Waals surface area contributed by atoms with E-state index in [1.165, 1.54) is 6.07 Å². The molecule has 2 aromatic carbocycles. The Labute approximate surface area is 162 Å². The summed E-state index contributed by atoms with van der Waals surface area (Å²) in [6.45, 7) is 2.51. The molecule has 2 heterocycles. The van der Waals surface area contributed by atoms with Gasteiger partial charge in [0.25, 0.3) is 0 Å². The molecule has 0 aliphatic carbocycles. The quantitative estimate of drug-likeness (QED) is 0.645. The Balaban J connectivity index is 1.51. The molecule has 0 radical (unpaired) electrons. The van der Waals surface area contributed by atoms with Crippen molar-refractivity contribution in [1.29, 1.82) is 0 Å². The van der Waals surface area contributed by atoms with Crippen molar-refractivity contribution in [2.45, 2.75) is 12.5 Å². The highest BCUT2D eigenvalue weighted by Crippen LogP contribution is 2.34. The third-order valence-electron chi connectivity index (χ3n) is 5.07. The van der Waals surface area contributed by atoms with Crippen molar-refractivity contribution in [3.8, 4) is 11.5 Å². The molecule has 5 nitrogen and oxygen atoms in total. The standard InChI is InChI=1S/C21H21F2N3O2/c1-27-13-16-11-26(10-14-7-8-18(22)19(23)9-14)12-17(16)21-25-24-20(28-21)15-5-3-2-4-6-15/h2-9,16-17H,10-13H2,1H3/t16-,17+/m0/s1. The van der Waals surface area contributed by atoms with E-state index < -0.39 is 11.6 Å². The summed E-state index contributed by atoms with van der Waals surface area (Å²) in [7, 11) is 1.66. The lowest BCUT2D eigenvalue weighted by atomic mass is 9.97. The summed E-state index contributed by atoms with van der Waals surface area (Å²) in [6.07, 6.45) is 0. The predicted octanol–water partition coefficient (Wildman–Crippen LogP) is 3.88. The Hall–Kier alpha value is -2.64. The smallest absolute Gasteiger partial charge is 0.247 e. The lowest BCUT2D eigenvalue weighted by molar-refractivity contribution is 0.144. The molecular weight excluding hydrogens is 364 g/mol. The lowest BCUT2D eigenvalue weighted by Crippen LogP contribution is -2.21. The highest BCUT2D eigenvalue weighted by atomic mass is 19.2. The number of rotatable bonds is 6. The maximum absolute atomic E-state index is 13.5. The molecule has 0 bridgehead atoms. The Morgan fingerprint density at radius 2 is 1.89 bits per heavy atom. The first-order chi connectivity index (χ1) is 13.6. The maximum atomic E-state index is 13.5. The molecule has 1 fully saturated rings. The van der Waals surface area contributed by atoms with Gasteiger partial charge in [0, 0.05) is 38.2 Å². The first-order valence-corrected chi connectivity index (χ1v) is 9.18. The van der Waals surface area contributed by atoms with Gasteiger partial charge < -0.3 is 9.15 Å². The molecule has 1 saturated heterocycles. The molecule has 1 aliphatic heterocycles. The monoisotopic (exact) mass is 385 g/mol. The number of hydrogen-bond acceptors (Lipinski definition) is 5. The van der Waals surface area contributed by atoms with Crippen LogP contribution in [0.1, 0.15) is 17.4 Å². The molecule has 7 heteroatoms. The number of halogens is 2. The van der Waals surface area contributed by atoms with Crippen LogP contribution in [0.15, 0.2) is 52.9 Å². The van der Waals surface area contributed by atoms with Gasteiger partial charge in [0.15, 0.2) is 11.6 Å². The molecule has 0 N–H and O–H groups in total. The third kappa shape index (κ3) is 3.95. The number of ether oxygens (including phenoxy) is 1. The van der Waals surface area contributed by atoms with Gasteiger partial charge in [-0.05, 0) is 29.8 Å². The number of aromatic nitrogens is 2. The second-order valence-electron chi connectivity index (χ2n) is 7.08. The van der Waals surface area contributed by atoms with Gasteiger partial charge in [-0.25, -0.2) is 8.78 Å². The summed E-state index contributed by atoms with van der Waals surface area (Å²) in [5, 5.41) is 8.45. The van der Waals surface area contributed by atoms with Crippen molar-refractivity contribution in [3.63, 3.8) is 0 Å². The van der Waals surface area contributed by atoms with Crippen molar-refractivity contribution in [3.05, 3.63) is 71.6 Å². The molecule has 0 spiro atoms. The zero-order chi connectivity index (χ0) is 19.5. The molecule has 3 aromatic rings. The fraction of sp³-hybridized carbons (Fsp3) is 0.333. The van der Waals surface area contributed by atoms with E-state index in [-0.39, 0.29) is 11.8 Å². The van der Waals surface area contributed by atoms with Crippen LogP contribution in [0, 0.1) is 17.6 Å². The number of likely N-dealkylation sites (tertiary alicyclic amines) is 1. The zero-order valence-corrected chi connectivity index (χ0v) is 15.5. The van der Waals surface area contributed by atoms with Gasteiger partial charge in [-0.15, -0.1) is 10.2 Å². The second-order valence-corrected chi connectivity index (χ2v) is 7.08. The minimum Gasteiger partial charge on any atom is -0.420 e. The molecule has 0 saturated carbocycles. The molecule has 1 aliphatic rings. The van der Waals surface area contributed by atoms with Gasteiger partial charge in [-0.2, -0.15) is 0 Å². The predicted molar refractivity (Wildman–Crippen MR) is 99.5 cm³/mol. The topological polar surface area (TPSA) is 51.4 Å². The minimum absolute atomic E-state index is 0.0233. The summed E-state index contributed by atoms with van der Waals surface area (Å²) in [5.41, 5.74) is 1.60. The van der Waals surface area contributed by atoms with E-state index in [2.05, 4.69) is 15.1 Å². The fourth-order valence-electron chi connectivity index (χ4n) is 3.73. The van der Waals surface area contributed by atoms with E-state index >= 15 is 0 Å². The molecule has 0 amide bonds. The SMILES string of the molecule is COC[C@@H]1CN(Cc2ccc(F)c(F)c2)C[C@H]1c1nnc(-c2ccccc2)o1. The molecule has 0 unspecified atom stereocenters. The summed E-state index contributed by atoms with van der Waals surface area (Å²) in [4.78, 5) is 2.17. The van der Waals surface area contributed by atoms with Gasteiger partial charge in [0.1, 0.15) is 0 Å². The normalized spacial score (nSPS) is 20.0. The van der Waals surface area contributed by atoms with Crippen LogP contribution < -0.4 is 0 Å². The number of benzene rings is 2. The first-order valence-electron chi connectivity index (χ1n) is 9.18.